The fraction of sp³-hybridized carbons (Fsp3) is 0.538. The summed E-state index contributed by atoms with van der Waals surface area (Å²) in [5, 5.41) is 9.89. The minimum Gasteiger partial charge on any atom is -0.494 e. The van der Waals surface area contributed by atoms with Crippen molar-refractivity contribution in [2.24, 2.45) is 0 Å². The Morgan fingerprint density at radius 3 is 2.82 bits per heavy atom. The van der Waals surface area contributed by atoms with Crippen LogP contribution in [0.3, 0.4) is 0 Å². The summed E-state index contributed by atoms with van der Waals surface area (Å²) in [7, 11) is 1.62. The highest BCUT2D eigenvalue weighted by Crippen LogP contribution is 2.19. The van der Waals surface area contributed by atoms with Gasteiger partial charge < -0.3 is 19.3 Å². The van der Waals surface area contributed by atoms with Crippen LogP contribution in [0.25, 0.3) is 0 Å². The average molecular weight is 240 g/mol. The Bertz CT molecular complexity index is 314. The maximum absolute atomic E-state index is 9.89. The molecule has 96 valence electrons. The topological polar surface area (TPSA) is 47.9 Å². The predicted molar refractivity (Wildman–Crippen MR) is 65.3 cm³/mol. The SMILES string of the molecule is CCOc1cccc(C(O)COCCOC)c1. The summed E-state index contributed by atoms with van der Waals surface area (Å²) in [6, 6.07) is 7.41. The molecule has 4 nitrogen and oxygen atoms in total. The van der Waals surface area contributed by atoms with Crippen LogP contribution in [-0.4, -0.2) is 38.6 Å². The second kappa shape index (κ2) is 8.06. The molecule has 0 aromatic heterocycles. The van der Waals surface area contributed by atoms with Gasteiger partial charge in [0.1, 0.15) is 11.9 Å². The lowest BCUT2D eigenvalue weighted by Crippen LogP contribution is -2.10. The third kappa shape index (κ3) is 5.17. The van der Waals surface area contributed by atoms with Crippen molar-refractivity contribution in [1.82, 2.24) is 0 Å². The molecular formula is C13H20O4. The van der Waals surface area contributed by atoms with Gasteiger partial charge in [0.25, 0.3) is 0 Å². The van der Waals surface area contributed by atoms with E-state index >= 15 is 0 Å². The number of rotatable bonds is 8. The molecular weight excluding hydrogens is 220 g/mol. The maximum Gasteiger partial charge on any atom is 0.119 e. The summed E-state index contributed by atoms with van der Waals surface area (Å²) >= 11 is 0. The Morgan fingerprint density at radius 1 is 1.29 bits per heavy atom. The highest BCUT2D eigenvalue weighted by molar-refractivity contribution is 5.29. The van der Waals surface area contributed by atoms with Crippen molar-refractivity contribution in [3.63, 3.8) is 0 Å². The predicted octanol–water partition coefficient (Wildman–Crippen LogP) is 1.78. The Labute approximate surface area is 102 Å². The largest absolute Gasteiger partial charge is 0.494 e. The minimum absolute atomic E-state index is 0.263. The molecule has 0 aliphatic heterocycles. The standard InChI is InChI=1S/C13H20O4/c1-3-17-12-6-4-5-11(9-12)13(14)10-16-8-7-15-2/h4-6,9,13-14H,3,7-8,10H2,1-2H3. The van der Waals surface area contributed by atoms with Gasteiger partial charge in [0.05, 0.1) is 26.4 Å². The molecule has 17 heavy (non-hydrogen) atoms. The van der Waals surface area contributed by atoms with E-state index < -0.39 is 6.10 Å². The lowest BCUT2D eigenvalue weighted by atomic mass is 10.1. The van der Waals surface area contributed by atoms with Crippen LogP contribution in [0.1, 0.15) is 18.6 Å². The van der Waals surface area contributed by atoms with Crippen LogP contribution >= 0.6 is 0 Å². The lowest BCUT2D eigenvalue weighted by molar-refractivity contribution is 0.0125. The molecule has 0 aliphatic rings. The van der Waals surface area contributed by atoms with E-state index in [2.05, 4.69) is 0 Å². The molecule has 1 N–H and O–H groups in total. The molecule has 1 atom stereocenters. The van der Waals surface area contributed by atoms with E-state index in [1.165, 1.54) is 0 Å². The van der Waals surface area contributed by atoms with Crippen LogP contribution in [-0.2, 0) is 9.47 Å². The molecule has 0 heterocycles. The zero-order chi connectivity index (χ0) is 12.5. The molecule has 1 aromatic carbocycles. The number of hydrogen-bond donors (Lipinski definition) is 1. The van der Waals surface area contributed by atoms with Crippen LogP contribution in [0.15, 0.2) is 24.3 Å². The number of ether oxygens (including phenoxy) is 3. The number of benzene rings is 1. The van der Waals surface area contributed by atoms with Crippen molar-refractivity contribution in [2.45, 2.75) is 13.0 Å². The van der Waals surface area contributed by atoms with Crippen LogP contribution in [0, 0.1) is 0 Å². The van der Waals surface area contributed by atoms with Gasteiger partial charge in [-0.2, -0.15) is 0 Å². The molecule has 4 heteroatoms. The Balaban J connectivity index is 2.44. The fourth-order valence-electron chi connectivity index (χ4n) is 1.41. The first-order chi connectivity index (χ1) is 8.27. The number of aliphatic hydroxyl groups is 1. The Hall–Kier alpha value is -1.10. The summed E-state index contributed by atoms with van der Waals surface area (Å²) in [5.41, 5.74) is 0.799. The van der Waals surface area contributed by atoms with E-state index in [9.17, 15) is 5.11 Å². The van der Waals surface area contributed by atoms with E-state index in [1.807, 2.05) is 31.2 Å². The average Bonchev–Trinajstić information content (AvgIpc) is 2.35. The second-order valence-electron chi connectivity index (χ2n) is 3.59. The summed E-state index contributed by atoms with van der Waals surface area (Å²) in [4.78, 5) is 0. The fourth-order valence-corrected chi connectivity index (χ4v) is 1.41. The van der Waals surface area contributed by atoms with Crippen molar-refractivity contribution in [1.29, 1.82) is 0 Å². The molecule has 0 saturated heterocycles. The van der Waals surface area contributed by atoms with Crippen LogP contribution in [0.5, 0.6) is 5.75 Å². The molecule has 0 saturated carbocycles. The van der Waals surface area contributed by atoms with Crippen molar-refractivity contribution in [3.05, 3.63) is 29.8 Å². The monoisotopic (exact) mass is 240 g/mol. The number of hydrogen-bond acceptors (Lipinski definition) is 4. The van der Waals surface area contributed by atoms with Crippen molar-refractivity contribution >= 4 is 0 Å². The van der Waals surface area contributed by atoms with Gasteiger partial charge in [-0.05, 0) is 24.6 Å². The van der Waals surface area contributed by atoms with Gasteiger partial charge in [0.15, 0.2) is 0 Å². The van der Waals surface area contributed by atoms with Crippen molar-refractivity contribution in [2.75, 3.05) is 33.5 Å². The molecule has 0 fully saturated rings. The highest BCUT2D eigenvalue weighted by Gasteiger charge is 2.08. The van der Waals surface area contributed by atoms with Gasteiger partial charge in [-0.1, -0.05) is 12.1 Å². The van der Waals surface area contributed by atoms with Crippen molar-refractivity contribution < 1.29 is 19.3 Å². The van der Waals surface area contributed by atoms with Crippen LogP contribution in [0.2, 0.25) is 0 Å². The third-order valence-corrected chi connectivity index (χ3v) is 2.26. The first-order valence-electron chi connectivity index (χ1n) is 5.75. The molecule has 0 bridgehead atoms. The van der Waals surface area contributed by atoms with Gasteiger partial charge in [0.2, 0.25) is 0 Å². The van der Waals surface area contributed by atoms with Gasteiger partial charge >= 0.3 is 0 Å². The quantitative estimate of drug-likeness (QED) is 0.704. The number of methoxy groups -OCH3 is 1. The first-order valence-corrected chi connectivity index (χ1v) is 5.75. The second-order valence-corrected chi connectivity index (χ2v) is 3.59. The normalized spacial score (nSPS) is 12.4. The van der Waals surface area contributed by atoms with E-state index in [4.69, 9.17) is 14.2 Å². The Kier molecular flexibility index (Phi) is 6.62. The summed E-state index contributed by atoms with van der Waals surface area (Å²) in [6.45, 7) is 3.82. The minimum atomic E-state index is -0.632. The van der Waals surface area contributed by atoms with Gasteiger partial charge in [-0.3, -0.25) is 0 Å². The summed E-state index contributed by atoms with van der Waals surface area (Å²) < 4.78 is 15.5. The molecule has 1 rings (SSSR count). The zero-order valence-electron chi connectivity index (χ0n) is 10.4. The van der Waals surface area contributed by atoms with Gasteiger partial charge in [-0.15, -0.1) is 0 Å². The van der Waals surface area contributed by atoms with Crippen LogP contribution in [0.4, 0.5) is 0 Å². The molecule has 1 aromatic rings. The highest BCUT2D eigenvalue weighted by atomic mass is 16.5. The number of aliphatic hydroxyl groups excluding tert-OH is 1. The van der Waals surface area contributed by atoms with Gasteiger partial charge in [0, 0.05) is 7.11 Å². The molecule has 0 radical (unpaired) electrons. The van der Waals surface area contributed by atoms with E-state index in [-0.39, 0.29) is 6.61 Å². The maximum atomic E-state index is 9.89. The molecule has 0 spiro atoms. The molecule has 0 aliphatic carbocycles. The van der Waals surface area contributed by atoms with Gasteiger partial charge in [-0.25, -0.2) is 0 Å². The first kappa shape index (κ1) is 14.0. The third-order valence-electron chi connectivity index (χ3n) is 2.26. The molecule has 1 unspecified atom stereocenters. The van der Waals surface area contributed by atoms with Crippen LogP contribution < -0.4 is 4.74 Å². The molecule has 0 amide bonds. The van der Waals surface area contributed by atoms with E-state index in [0.717, 1.165) is 11.3 Å². The zero-order valence-corrected chi connectivity index (χ0v) is 10.4. The summed E-state index contributed by atoms with van der Waals surface area (Å²) in [5.74, 6) is 0.765. The lowest BCUT2D eigenvalue weighted by Gasteiger charge is -2.12. The van der Waals surface area contributed by atoms with Crippen molar-refractivity contribution in [3.8, 4) is 5.75 Å². The van der Waals surface area contributed by atoms with E-state index in [1.54, 1.807) is 7.11 Å². The van der Waals surface area contributed by atoms with E-state index in [0.29, 0.717) is 19.8 Å². The summed E-state index contributed by atoms with van der Waals surface area (Å²) in [6.07, 6.45) is -0.632. The Morgan fingerprint density at radius 2 is 2.12 bits per heavy atom. The smallest absolute Gasteiger partial charge is 0.119 e.